The van der Waals surface area contributed by atoms with Gasteiger partial charge in [-0.3, -0.25) is 0 Å². The zero-order chi connectivity index (χ0) is 11.1. The van der Waals surface area contributed by atoms with Crippen molar-refractivity contribution in [3.63, 3.8) is 0 Å². The minimum absolute atomic E-state index is 0.0549. The van der Waals surface area contributed by atoms with E-state index < -0.39 is 0 Å². The minimum atomic E-state index is -0.111. The van der Waals surface area contributed by atoms with Crippen LogP contribution in [-0.2, 0) is 9.47 Å². The van der Waals surface area contributed by atoms with Gasteiger partial charge < -0.3 is 25.7 Å². The monoisotopic (exact) mass is 217 g/mol. The highest BCUT2D eigenvalue weighted by Crippen LogP contribution is 2.00. The van der Waals surface area contributed by atoms with Gasteiger partial charge in [0, 0.05) is 6.54 Å². The van der Waals surface area contributed by atoms with E-state index in [0.29, 0.717) is 26.4 Å². The number of nitrogens with two attached hydrogens (primary N) is 1. The number of amidine groups is 1. The molecule has 6 nitrogen and oxygen atoms in total. The fourth-order valence-electron chi connectivity index (χ4n) is 1.46. The van der Waals surface area contributed by atoms with Crippen LogP contribution in [0.25, 0.3) is 0 Å². The van der Waals surface area contributed by atoms with Crippen molar-refractivity contribution in [1.29, 1.82) is 0 Å². The van der Waals surface area contributed by atoms with Gasteiger partial charge in [0.15, 0.2) is 5.84 Å². The molecule has 0 aromatic carbocycles. The van der Waals surface area contributed by atoms with Crippen LogP contribution >= 0.6 is 0 Å². The fourth-order valence-corrected chi connectivity index (χ4v) is 1.46. The molecule has 1 heterocycles. The molecule has 0 amide bonds. The highest BCUT2D eigenvalue weighted by molar-refractivity contribution is 5.85. The van der Waals surface area contributed by atoms with Crippen molar-refractivity contribution in [1.82, 2.24) is 5.32 Å². The molecule has 0 aliphatic carbocycles. The Morgan fingerprint density at radius 1 is 1.67 bits per heavy atom. The summed E-state index contributed by atoms with van der Waals surface area (Å²) in [6, 6.07) is -0.111. The predicted molar refractivity (Wildman–Crippen MR) is 56.0 cm³/mol. The molecule has 1 saturated heterocycles. The zero-order valence-electron chi connectivity index (χ0n) is 8.98. The second-order valence-corrected chi connectivity index (χ2v) is 3.46. The summed E-state index contributed by atoms with van der Waals surface area (Å²) in [5, 5.41) is 14.7. The lowest BCUT2D eigenvalue weighted by Crippen LogP contribution is -2.46. The number of rotatable bonds is 5. The van der Waals surface area contributed by atoms with Gasteiger partial charge >= 0.3 is 0 Å². The molecule has 88 valence electrons. The van der Waals surface area contributed by atoms with Gasteiger partial charge in [-0.2, -0.15) is 0 Å². The van der Waals surface area contributed by atoms with Crippen LogP contribution in [0.5, 0.6) is 0 Å². The van der Waals surface area contributed by atoms with E-state index in [1.54, 1.807) is 0 Å². The first kappa shape index (κ1) is 12.2. The molecule has 0 bridgehead atoms. The van der Waals surface area contributed by atoms with Crippen molar-refractivity contribution in [3.05, 3.63) is 0 Å². The Labute approximate surface area is 89.4 Å². The van der Waals surface area contributed by atoms with Gasteiger partial charge in [0.1, 0.15) is 0 Å². The zero-order valence-corrected chi connectivity index (χ0v) is 8.98. The number of nitrogens with one attached hydrogen (secondary N) is 1. The summed E-state index contributed by atoms with van der Waals surface area (Å²) in [5.74, 6) is 0.203. The summed E-state index contributed by atoms with van der Waals surface area (Å²) in [4.78, 5) is 0. The summed E-state index contributed by atoms with van der Waals surface area (Å²) in [5.41, 5.74) is 5.51. The Morgan fingerprint density at radius 2 is 2.47 bits per heavy atom. The van der Waals surface area contributed by atoms with Crippen LogP contribution in [0.4, 0.5) is 0 Å². The molecule has 0 aromatic heterocycles. The molecule has 6 heteroatoms. The Bertz CT molecular complexity index is 205. The molecule has 2 unspecified atom stereocenters. The van der Waals surface area contributed by atoms with E-state index in [4.69, 9.17) is 20.4 Å². The first-order valence-electron chi connectivity index (χ1n) is 5.18. The first-order valence-corrected chi connectivity index (χ1v) is 5.18. The molecule has 15 heavy (non-hydrogen) atoms. The van der Waals surface area contributed by atoms with Gasteiger partial charge in [-0.1, -0.05) is 12.1 Å². The van der Waals surface area contributed by atoms with Gasteiger partial charge in [0.05, 0.1) is 32.0 Å². The smallest absolute Gasteiger partial charge is 0.156 e. The average molecular weight is 217 g/mol. The van der Waals surface area contributed by atoms with Crippen molar-refractivity contribution in [3.8, 4) is 0 Å². The molecule has 1 rings (SSSR count). The molecular weight excluding hydrogens is 198 g/mol. The van der Waals surface area contributed by atoms with Crippen molar-refractivity contribution in [2.75, 3.05) is 26.4 Å². The topological polar surface area (TPSA) is 89.1 Å². The highest BCUT2D eigenvalue weighted by atomic mass is 16.6. The summed E-state index contributed by atoms with van der Waals surface area (Å²) < 4.78 is 10.7. The van der Waals surface area contributed by atoms with Crippen molar-refractivity contribution < 1.29 is 14.7 Å². The van der Waals surface area contributed by atoms with E-state index >= 15 is 0 Å². The van der Waals surface area contributed by atoms with Crippen LogP contribution in [0.1, 0.15) is 13.3 Å². The number of hydrogen-bond acceptors (Lipinski definition) is 5. The van der Waals surface area contributed by atoms with Crippen molar-refractivity contribution in [2.45, 2.75) is 25.5 Å². The maximum absolute atomic E-state index is 8.54. The van der Waals surface area contributed by atoms with Crippen LogP contribution in [0.3, 0.4) is 0 Å². The molecule has 1 fully saturated rings. The third-order valence-corrected chi connectivity index (χ3v) is 2.36. The number of nitrogens with zero attached hydrogens (tertiary/aromatic N) is 1. The van der Waals surface area contributed by atoms with E-state index in [1.807, 2.05) is 6.92 Å². The second kappa shape index (κ2) is 6.60. The molecule has 4 N–H and O–H groups in total. The molecule has 2 atom stereocenters. The van der Waals surface area contributed by atoms with Crippen LogP contribution < -0.4 is 11.1 Å². The van der Waals surface area contributed by atoms with E-state index in [-0.39, 0.29) is 18.0 Å². The molecule has 1 aliphatic rings. The number of ether oxygens (including phenoxy) is 2. The van der Waals surface area contributed by atoms with Gasteiger partial charge in [0.25, 0.3) is 0 Å². The van der Waals surface area contributed by atoms with E-state index in [2.05, 4.69) is 10.5 Å². The maximum atomic E-state index is 8.54. The summed E-state index contributed by atoms with van der Waals surface area (Å²) in [6.07, 6.45) is 0.822. The lowest BCUT2D eigenvalue weighted by molar-refractivity contribution is -0.0866. The normalized spacial score (nSPS) is 25.1. The first-order chi connectivity index (χ1) is 7.27. The van der Waals surface area contributed by atoms with Crippen LogP contribution in [-0.4, -0.2) is 49.6 Å². The second-order valence-electron chi connectivity index (χ2n) is 3.46. The largest absolute Gasteiger partial charge is 0.409 e. The molecule has 0 aromatic rings. The number of hydrogen-bond donors (Lipinski definition) is 3. The Hall–Kier alpha value is -0.850. The van der Waals surface area contributed by atoms with Crippen LogP contribution in [0, 0.1) is 0 Å². The molecule has 1 aliphatic heterocycles. The lowest BCUT2D eigenvalue weighted by atomic mass is 10.2. The van der Waals surface area contributed by atoms with E-state index in [0.717, 1.165) is 6.42 Å². The van der Waals surface area contributed by atoms with Crippen LogP contribution in [0.15, 0.2) is 5.16 Å². The molecular formula is C9H19N3O3. The lowest BCUT2D eigenvalue weighted by Gasteiger charge is -2.25. The van der Waals surface area contributed by atoms with Crippen molar-refractivity contribution >= 4 is 5.84 Å². The summed E-state index contributed by atoms with van der Waals surface area (Å²) >= 11 is 0. The SMILES string of the molecule is CCC(NCC1COCCO1)C(N)=NO. The third kappa shape index (κ3) is 4.03. The fraction of sp³-hybridized carbons (Fsp3) is 0.889. The van der Waals surface area contributed by atoms with E-state index in [1.165, 1.54) is 0 Å². The van der Waals surface area contributed by atoms with Crippen LogP contribution in [0.2, 0.25) is 0 Å². The average Bonchev–Trinajstić information content (AvgIpc) is 2.31. The minimum Gasteiger partial charge on any atom is -0.409 e. The summed E-state index contributed by atoms with van der Waals surface area (Å²) in [7, 11) is 0. The third-order valence-electron chi connectivity index (χ3n) is 2.36. The van der Waals surface area contributed by atoms with Gasteiger partial charge in [-0.25, -0.2) is 0 Å². The molecule has 0 spiro atoms. The van der Waals surface area contributed by atoms with E-state index in [9.17, 15) is 0 Å². The molecule has 0 radical (unpaired) electrons. The summed E-state index contributed by atoms with van der Waals surface area (Å²) in [6.45, 7) is 4.50. The van der Waals surface area contributed by atoms with Gasteiger partial charge in [0.2, 0.25) is 0 Å². The van der Waals surface area contributed by atoms with Gasteiger partial charge in [-0.15, -0.1) is 0 Å². The maximum Gasteiger partial charge on any atom is 0.156 e. The standard InChI is InChI=1S/C9H19N3O3/c1-2-8(9(10)12-13)11-5-7-6-14-3-4-15-7/h7-8,11,13H,2-6H2,1H3,(H2,10,12). The Morgan fingerprint density at radius 3 is 3.00 bits per heavy atom. The predicted octanol–water partition coefficient (Wildman–Crippen LogP) is -0.484. The number of oxime groups is 1. The molecule has 0 saturated carbocycles. The van der Waals surface area contributed by atoms with Gasteiger partial charge in [-0.05, 0) is 6.42 Å². The van der Waals surface area contributed by atoms with Crippen molar-refractivity contribution in [2.24, 2.45) is 10.9 Å². The quantitative estimate of drug-likeness (QED) is 0.250. The Kier molecular flexibility index (Phi) is 5.38. The Balaban J connectivity index is 2.26. The highest BCUT2D eigenvalue weighted by Gasteiger charge is 2.17.